The van der Waals surface area contributed by atoms with Crippen molar-refractivity contribution in [1.82, 2.24) is 0 Å². The number of nitrogens with one attached hydrogen (secondary N) is 1. The lowest BCUT2D eigenvalue weighted by molar-refractivity contribution is -0.116. The summed E-state index contributed by atoms with van der Waals surface area (Å²) < 4.78 is 14.4. The Balaban J connectivity index is 1.88. The summed E-state index contributed by atoms with van der Waals surface area (Å²) in [6.45, 7) is 0. The van der Waals surface area contributed by atoms with E-state index in [4.69, 9.17) is 0 Å². The quantitative estimate of drug-likeness (QED) is 0.612. The Morgan fingerprint density at radius 3 is 2.33 bits per heavy atom. The molecule has 1 amide bonds. The zero-order chi connectivity index (χ0) is 15.2. The molecule has 0 saturated heterocycles. The molecule has 5 heteroatoms. The third-order valence-corrected chi connectivity index (χ3v) is 3.61. The third kappa shape index (κ3) is 4.63. The summed E-state index contributed by atoms with van der Waals surface area (Å²) in [5, 5.41) is 2.46. The molecule has 2 rings (SSSR count). The molecular formula is C16H13FINO2. The Morgan fingerprint density at radius 2 is 1.67 bits per heavy atom. The molecule has 0 heterocycles. The van der Waals surface area contributed by atoms with Gasteiger partial charge in [0.15, 0.2) is 5.78 Å². The maximum absolute atomic E-state index is 13.4. The van der Waals surface area contributed by atoms with E-state index in [0.29, 0.717) is 5.56 Å². The Hall–Kier alpha value is -1.76. The van der Waals surface area contributed by atoms with E-state index in [0.717, 1.165) is 3.57 Å². The van der Waals surface area contributed by atoms with Crippen LogP contribution in [-0.2, 0) is 4.79 Å². The first-order valence-corrected chi connectivity index (χ1v) is 7.47. The first-order valence-electron chi connectivity index (χ1n) is 6.39. The number of amides is 1. The van der Waals surface area contributed by atoms with Crippen molar-refractivity contribution in [3.63, 3.8) is 0 Å². The highest BCUT2D eigenvalue weighted by Crippen LogP contribution is 2.14. The first kappa shape index (κ1) is 15.6. The molecular weight excluding hydrogens is 384 g/mol. The summed E-state index contributed by atoms with van der Waals surface area (Å²) in [5.74, 6) is -0.969. The minimum absolute atomic E-state index is 0.0269. The average Bonchev–Trinajstić information content (AvgIpc) is 2.48. The van der Waals surface area contributed by atoms with E-state index in [1.54, 1.807) is 24.3 Å². The van der Waals surface area contributed by atoms with Gasteiger partial charge in [0.25, 0.3) is 0 Å². The highest BCUT2D eigenvalue weighted by Gasteiger charge is 2.10. The number of benzene rings is 2. The van der Waals surface area contributed by atoms with Crippen LogP contribution in [-0.4, -0.2) is 11.7 Å². The van der Waals surface area contributed by atoms with E-state index in [9.17, 15) is 14.0 Å². The summed E-state index contributed by atoms with van der Waals surface area (Å²) in [7, 11) is 0. The van der Waals surface area contributed by atoms with E-state index in [1.165, 1.54) is 12.1 Å². The number of para-hydroxylation sites is 1. The van der Waals surface area contributed by atoms with Crippen LogP contribution in [0.2, 0.25) is 0 Å². The van der Waals surface area contributed by atoms with Crippen LogP contribution in [0, 0.1) is 9.39 Å². The molecule has 0 radical (unpaired) electrons. The predicted octanol–water partition coefficient (Wildman–Crippen LogP) is 4.03. The molecule has 0 aromatic heterocycles. The topological polar surface area (TPSA) is 46.2 Å². The number of rotatable bonds is 5. The molecule has 2 aromatic rings. The zero-order valence-corrected chi connectivity index (χ0v) is 13.3. The van der Waals surface area contributed by atoms with Crippen LogP contribution in [0.25, 0.3) is 0 Å². The van der Waals surface area contributed by atoms with E-state index in [1.807, 2.05) is 12.1 Å². The van der Waals surface area contributed by atoms with Gasteiger partial charge in [-0.3, -0.25) is 9.59 Å². The molecule has 0 unspecified atom stereocenters. The van der Waals surface area contributed by atoms with E-state index >= 15 is 0 Å². The largest absolute Gasteiger partial charge is 0.324 e. The Kier molecular flexibility index (Phi) is 5.44. The Morgan fingerprint density at radius 1 is 1.00 bits per heavy atom. The van der Waals surface area contributed by atoms with Gasteiger partial charge < -0.3 is 5.32 Å². The second kappa shape index (κ2) is 7.31. The van der Waals surface area contributed by atoms with Crippen LogP contribution < -0.4 is 5.32 Å². The van der Waals surface area contributed by atoms with Crippen molar-refractivity contribution >= 4 is 40.0 Å². The Labute approximate surface area is 135 Å². The molecule has 0 aliphatic heterocycles. The number of carbonyl (C=O) groups excluding carboxylic acids is 2. The molecule has 3 nitrogen and oxygen atoms in total. The van der Waals surface area contributed by atoms with Gasteiger partial charge in [-0.2, -0.15) is 0 Å². The highest BCUT2D eigenvalue weighted by molar-refractivity contribution is 14.1. The molecule has 21 heavy (non-hydrogen) atoms. The fourth-order valence-electron chi connectivity index (χ4n) is 1.78. The lowest BCUT2D eigenvalue weighted by Gasteiger charge is -2.06. The van der Waals surface area contributed by atoms with Crippen LogP contribution in [0.1, 0.15) is 23.2 Å². The third-order valence-electron chi connectivity index (χ3n) is 2.89. The number of hydrogen-bond donors (Lipinski definition) is 1. The molecule has 108 valence electrons. The van der Waals surface area contributed by atoms with Gasteiger partial charge in [-0.05, 0) is 46.9 Å². The van der Waals surface area contributed by atoms with Gasteiger partial charge in [0.2, 0.25) is 5.91 Å². The smallest absolute Gasteiger partial charge is 0.224 e. The number of halogens is 2. The lowest BCUT2D eigenvalue weighted by Crippen LogP contribution is -2.14. The van der Waals surface area contributed by atoms with Gasteiger partial charge in [0, 0.05) is 22.0 Å². The number of anilines is 1. The van der Waals surface area contributed by atoms with Gasteiger partial charge in [0.1, 0.15) is 5.82 Å². The van der Waals surface area contributed by atoms with Crippen molar-refractivity contribution < 1.29 is 14.0 Å². The molecule has 0 aliphatic rings. The highest BCUT2D eigenvalue weighted by atomic mass is 127. The summed E-state index contributed by atoms with van der Waals surface area (Å²) in [5.41, 5.74) is 0.707. The van der Waals surface area contributed by atoms with Gasteiger partial charge in [-0.25, -0.2) is 4.39 Å². The van der Waals surface area contributed by atoms with Crippen molar-refractivity contribution in [1.29, 1.82) is 0 Å². The molecule has 1 N–H and O–H groups in total. The average molecular weight is 397 g/mol. The van der Waals surface area contributed by atoms with Crippen LogP contribution in [0.5, 0.6) is 0 Å². The van der Waals surface area contributed by atoms with Gasteiger partial charge in [0.05, 0.1) is 5.69 Å². The van der Waals surface area contributed by atoms with Crippen LogP contribution >= 0.6 is 22.6 Å². The first-order chi connectivity index (χ1) is 10.1. The van der Waals surface area contributed by atoms with E-state index in [-0.39, 0.29) is 30.2 Å². The van der Waals surface area contributed by atoms with Gasteiger partial charge in [-0.1, -0.05) is 24.3 Å². The van der Waals surface area contributed by atoms with Gasteiger partial charge in [-0.15, -0.1) is 0 Å². The normalized spacial score (nSPS) is 10.2. The summed E-state index contributed by atoms with van der Waals surface area (Å²) >= 11 is 2.16. The number of carbonyl (C=O) groups is 2. The second-order valence-corrected chi connectivity index (χ2v) is 5.70. The van der Waals surface area contributed by atoms with E-state index < -0.39 is 5.82 Å². The zero-order valence-electron chi connectivity index (χ0n) is 11.1. The van der Waals surface area contributed by atoms with Crippen molar-refractivity contribution in [2.45, 2.75) is 12.8 Å². The number of hydrogen-bond acceptors (Lipinski definition) is 2. The van der Waals surface area contributed by atoms with Crippen LogP contribution in [0.3, 0.4) is 0 Å². The Bertz CT molecular complexity index is 656. The summed E-state index contributed by atoms with van der Waals surface area (Å²) in [6.07, 6.45) is 0.125. The monoisotopic (exact) mass is 397 g/mol. The molecule has 0 bridgehead atoms. The second-order valence-electron chi connectivity index (χ2n) is 4.46. The molecule has 0 fully saturated rings. The van der Waals surface area contributed by atoms with Crippen molar-refractivity contribution in [2.24, 2.45) is 0 Å². The summed E-state index contributed by atoms with van der Waals surface area (Å²) in [6, 6.07) is 13.1. The number of ketones is 1. The molecule has 0 aliphatic carbocycles. The van der Waals surface area contributed by atoms with Crippen molar-refractivity contribution in [3.05, 3.63) is 63.5 Å². The van der Waals surface area contributed by atoms with Crippen LogP contribution in [0.4, 0.5) is 10.1 Å². The van der Waals surface area contributed by atoms with Gasteiger partial charge >= 0.3 is 0 Å². The van der Waals surface area contributed by atoms with Crippen LogP contribution in [0.15, 0.2) is 48.5 Å². The standard InChI is InChI=1S/C16H13FINO2/c17-13-3-1-2-4-14(13)19-16(21)10-9-15(20)11-5-7-12(18)8-6-11/h1-8H,9-10H2,(H,19,21). The van der Waals surface area contributed by atoms with E-state index in [2.05, 4.69) is 27.9 Å². The van der Waals surface area contributed by atoms with Crippen molar-refractivity contribution in [2.75, 3.05) is 5.32 Å². The molecule has 2 aromatic carbocycles. The molecule has 0 spiro atoms. The minimum Gasteiger partial charge on any atom is -0.324 e. The fraction of sp³-hybridized carbons (Fsp3) is 0.125. The summed E-state index contributed by atoms with van der Waals surface area (Å²) in [4.78, 5) is 23.6. The number of Topliss-reactive ketones (excluding diaryl/α,β-unsaturated/α-hetero) is 1. The molecule has 0 saturated carbocycles. The molecule has 0 atom stereocenters. The maximum Gasteiger partial charge on any atom is 0.224 e. The lowest BCUT2D eigenvalue weighted by atomic mass is 10.1. The minimum atomic E-state index is -0.491. The maximum atomic E-state index is 13.4. The van der Waals surface area contributed by atoms with Crippen molar-refractivity contribution in [3.8, 4) is 0 Å². The predicted molar refractivity (Wildman–Crippen MR) is 87.8 cm³/mol. The SMILES string of the molecule is O=C(CCC(=O)c1ccc(I)cc1)Nc1ccccc1F. The fourth-order valence-corrected chi connectivity index (χ4v) is 2.14.